The van der Waals surface area contributed by atoms with Crippen molar-refractivity contribution in [3.63, 3.8) is 0 Å². The van der Waals surface area contributed by atoms with E-state index in [1.54, 1.807) is 12.1 Å². The predicted molar refractivity (Wildman–Crippen MR) is 110 cm³/mol. The van der Waals surface area contributed by atoms with Gasteiger partial charge in [-0.25, -0.2) is 9.18 Å². The molecule has 1 atom stereocenters. The number of aliphatic carboxylic acids is 1. The summed E-state index contributed by atoms with van der Waals surface area (Å²) >= 11 is 2.04. The molecule has 0 aromatic heterocycles. The van der Waals surface area contributed by atoms with E-state index < -0.39 is 10.6 Å². The van der Waals surface area contributed by atoms with Gasteiger partial charge in [0, 0.05) is 22.9 Å². The molecule has 0 fully saturated rings. The zero-order valence-corrected chi connectivity index (χ0v) is 17.4. The summed E-state index contributed by atoms with van der Waals surface area (Å²) in [6.45, 7) is 0.125. The second-order valence-corrected chi connectivity index (χ2v) is 7.76. The lowest BCUT2D eigenvalue weighted by Crippen LogP contribution is -2.54. The molecule has 0 amide bonds. The third-order valence-corrected chi connectivity index (χ3v) is 5.06. The van der Waals surface area contributed by atoms with Crippen molar-refractivity contribution in [2.24, 2.45) is 4.99 Å². The molecule has 0 saturated heterocycles. The van der Waals surface area contributed by atoms with Crippen molar-refractivity contribution >= 4 is 40.6 Å². The molecular formula is C18H21FIN4O4+. The maximum absolute atomic E-state index is 14.3. The summed E-state index contributed by atoms with van der Waals surface area (Å²) in [4.78, 5) is 23.4. The Morgan fingerprint density at radius 3 is 2.96 bits per heavy atom. The highest BCUT2D eigenvalue weighted by Gasteiger charge is 2.40. The Kier molecular flexibility index (Phi) is 6.33. The van der Waals surface area contributed by atoms with Crippen molar-refractivity contribution in [3.8, 4) is 0 Å². The van der Waals surface area contributed by atoms with Crippen LogP contribution in [0.4, 0.5) is 10.1 Å². The van der Waals surface area contributed by atoms with E-state index in [1.807, 2.05) is 40.6 Å². The molecule has 3 rings (SSSR count). The third kappa shape index (κ3) is 4.51. The third-order valence-electron chi connectivity index (χ3n) is 4.39. The van der Waals surface area contributed by atoms with Crippen LogP contribution in [-0.4, -0.2) is 72.0 Å². The molecule has 28 heavy (non-hydrogen) atoms. The van der Waals surface area contributed by atoms with Gasteiger partial charge < -0.3 is 20.4 Å². The molecule has 8 nitrogen and oxygen atoms in total. The first-order chi connectivity index (χ1) is 13.3. The van der Waals surface area contributed by atoms with Crippen LogP contribution in [0, 0.1) is 9.39 Å². The zero-order valence-electron chi connectivity index (χ0n) is 15.2. The van der Waals surface area contributed by atoms with Crippen LogP contribution in [0.3, 0.4) is 0 Å². The summed E-state index contributed by atoms with van der Waals surface area (Å²) in [5.74, 6) is -0.765. The SMILES string of the molecule is CN1CC=C(Nc2ccc(I)cc2F)C2=C1N=C[N+](CC(=O)O)(OCCO)C2. The number of hydroxylamine groups is 3. The Hall–Kier alpha value is -2.02. The minimum absolute atomic E-state index is 0.0318. The standard InChI is InChI=1S/C18H20FIN4O4/c1-23-5-4-15(22-16-3-2-12(20)8-14(16)19)13-9-24(10-17(26)27,28-7-6-25)11-21-18(13)23/h2-4,8,11,22,25H,5-7,9-10H2,1H3/p+1. The number of carbonyl (C=O) groups is 1. The van der Waals surface area contributed by atoms with Crippen LogP contribution in [0.1, 0.15) is 0 Å². The number of aliphatic hydroxyl groups excluding tert-OH is 1. The lowest BCUT2D eigenvalue weighted by molar-refractivity contribution is -1.02. The van der Waals surface area contributed by atoms with Crippen molar-refractivity contribution in [2.45, 2.75) is 0 Å². The Balaban J connectivity index is 1.92. The van der Waals surface area contributed by atoms with E-state index in [0.717, 1.165) is 3.57 Å². The summed E-state index contributed by atoms with van der Waals surface area (Å²) in [5, 5.41) is 21.5. The van der Waals surface area contributed by atoms with Crippen LogP contribution >= 0.6 is 22.6 Å². The van der Waals surface area contributed by atoms with Gasteiger partial charge in [0.25, 0.3) is 0 Å². The van der Waals surface area contributed by atoms with Crippen LogP contribution in [0.25, 0.3) is 0 Å². The number of carboxylic acid groups (broad SMARTS) is 1. The first-order valence-corrected chi connectivity index (χ1v) is 9.67. The van der Waals surface area contributed by atoms with E-state index in [9.17, 15) is 14.3 Å². The molecule has 0 spiro atoms. The molecule has 2 aliphatic heterocycles. The van der Waals surface area contributed by atoms with E-state index in [-0.39, 0.29) is 32.1 Å². The van der Waals surface area contributed by atoms with Gasteiger partial charge in [0.1, 0.15) is 24.8 Å². The number of nitrogens with one attached hydrogen (secondary N) is 1. The Labute approximate surface area is 175 Å². The van der Waals surface area contributed by atoms with Gasteiger partial charge in [-0.15, -0.1) is 4.65 Å². The number of anilines is 1. The molecule has 0 saturated carbocycles. The van der Waals surface area contributed by atoms with Gasteiger partial charge in [0.05, 0.1) is 17.9 Å². The van der Waals surface area contributed by atoms with Crippen LogP contribution in [0.2, 0.25) is 0 Å². The van der Waals surface area contributed by atoms with E-state index in [4.69, 9.17) is 9.94 Å². The fourth-order valence-corrected chi connectivity index (χ4v) is 3.58. The molecule has 150 valence electrons. The van der Waals surface area contributed by atoms with Crippen molar-refractivity contribution in [3.05, 3.63) is 50.8 Å². The molecular weight excluding hydrogens is 482 g/mol. The lowest BCUT2D eigenvalue weighted by atomic mass is 10.1. The summed E-state index contributed by atoms with van der Waals surface area (Å²) in [7, 11) is 1.87. The number of aliphatic hydroxyl groups is 1. The van der Waals surface area contributed by atoms with Gasteiger partial charge in [-0.05, 0) is 46.9 Å². The smallest absolute Gasteiger partial charge is 0.362 e. The molecule has 0 radical (unpaired) electrons. The minimum Gasteiger partial charge on any atom is -0.477 e. The predicted octanol–water partition coefficient (Wildman–Crippen LogP) is 1.75. The number of rotatable bonds is 7. The van der Waals surface area contributed by atoms with E-state index >= 15 is 0 Å². The van der Waals surface area contributed by atoms with Gasteiger partial charge in [0.15, 0.2) is 0 Å². The molecule has 1 unspecified atom stereocenters. The van der Waals surface area contributed by atoms with Gasteiger partial charge >= 0.3 is 5.97 Å². The van der Waals surface area contributed by atoms with Gasteiger partial charge in [-0.2, -0.15) is 9.83 Å². The molecule has 2 aliphatic rings. The molecule has 2 heterocycles. The topological polar surface area (TPSA) is 94.4 Å². The number of hydrogen-bond acceptors (Lipinski definition) is 6. The van der Waals surface area contributed by atoms with Crippen LogP contribution in [0.15, 0.2) is 46.4 Å². The van der Waals surface area contributed by atoms with Gasteiger partial charge in [-0.1, -0.05) is 0 Å². The highest BCUT2D eigenvalue weighted by molar-refractivity contribution is 14.1. The second-order valence-electron chi connectivity index (χ2n) is 6.51. The maximum atomic E-state index is 14.3. The first kappa shape index (κ1) is 20.7. The zero-order chi connectivity index (χ0) is 20.3. The minimum atomic E-state index is -1.06. The number of carboxylic acids is 1. The van der Waals surface area contributed by atoms with Crippen molar-refractivity contribution < 1.29 is 28.9 Å². The number of aliphatic imine (C=N–C) groups is 1. The first-order valence-electron chi connectivity index (χ1n) is 8.59. The fraction of sp³-hybridized carbons (Fsp3) is 0.333. The average molecular weight is 503 g/mol. The van der Waals surface area contributed by atoms with E-state index in [1.165, 1.54) is 12.4 Å². The number of hydrogen-bond donors (Lipinski definition) is 3. The highest BCUT2D eigenvalue weighted by Crippen LogP contribution is 2.31. The summed E-state index contributed by atoms with van der Waals surface area (Å²) in [6, 6.07) is 4.89. The second kappa shape index (κ2) is 8.55. The van der Waals surface area contributed by atoms with Crippen molar-refractivity contribution in [1.82, 2.24) is 4.90 Å². The van der Waals surface area contributed by atoms with E-state index in [2.05, 4.69) is 10.3 Å². The fourth-order valence-electron chi connectivity index (χ4n) is 3.12. The van der Waals surface area contributed by atoms with Gasteiger partial charge in [0.2, 0.25) is 12.9 Å². The maximum Gasteiger partial charge on any atom is 0.362 e. The number of benzene rings is 1. The summed E-state index contributed by atoms with van der Waals surface area (Å²) in [5.41, 5.74) is 1.70. The monoisotopic (exact) mass is 503 g/mol. The molecule has 1 aromatic rings. The number of halogens is 2. The van der Waals surface area contributed by atoms with Crippen molar-refractivity contribution in [1.29, 1.82) is 0 Å². The highest BCUT2D eigenvalue weighted by atomic mass is 127. The quantitative estimate of drug-likeness (QED) is 0.388. The van der Waals surface area contributed by atoms with Gasteiger partial charge in [-0.3, -0.25) is 0 Å². The van der Waals surface area contributed by atoms with E-state index in [0.29, 0.717) is 29.3 Å². The normalized spacial score (nSPS) is 21.4. The van der Waals surface area contributed by atoms with Crippen LogP contribution in [0.5, 0.6) is 0 Å². The molecule has 0 aliphatic carbocycles. The molecule has 10 heteroatoms. The molecule has 0 bridgehead atoms. The molecule has 3 N–H and O–H groups in total. The molecule has 1 aromatic carbocycles. The summed E-state index contributed by atoms with van der Waals surface area (Å²) in [6.07, 6.45) is 3.34. The van der Waals surface area contributed by atoms with Crippen molar-refractivity contribution in [2.75, 3.05) is 45.2 Å². The van der Waals surface area contributed by atoms with Crippen LogP contribution in [-0.2, 0) is 9.63 Å². The number of quaternary nitrogens is 1. The lowest BCUT2D eigenvalue weighted by Gasteiger charge is -2.37. The summed E-state index contributed by atoms with van der Waals surface area (Å²) < 4.78 is 14.7. The average Bonchev–Trinajstić information content (AvgIpc) is 2.64. The van der Waals surface area contributed by atoms with Crippen LogP contribution < -0.4 is 5.32 Å². The number of likely N-dealkylation sites (N-methyl/N-ethyl adjacent to an activating group) is 1. The Morgan fingerprint density at radius 1 is 1.50 bits per heavy atom. The Morgan fingerprint density at radius 2 is 2.29 bits per heavy atom. The Bertz CT molecular complexity index is 873. The number of nitrogens with zero attached hydrogens (tertiary/aromatic N) is 3. The largest absolute Gasteiger partial charge is 0.477 e.